The largest absolute Gasteiger partial charge is 0.467 e. The summed E-state index contributed by atoms with van der Waals surface area (Å²) in [4.78, 5) is 37.3. The number of hydrogen-bond acceptors (Lipinski definition) is 4. The molecule has 0 aromatic rings. The number of ether oxygens (including phenoxy) is 1. The number of esters is 1. The monoisotopic (exact) mass is 267 g/mol. The van der Waals surface area contributed by atoms with Crippen molar-refractivity contribution in [3.63, 3.8) is 0 Å². The van der Waals surface area contributed by atoms with Crippen molar-refractivity contribution in [2.24, 2.45) is 11.8 Å². The Balaban J connectivity index is 2.15. The van der Waals surface area contributed by atoms with E-state index < -0.39 is 12.0 Å². The van der Waals surface area contributed by atoms with E-state index in [0.717, 1.165) is 30.6 Å². The molecule has 1 saturated heterocycles. The van der Waals surface area contributed by atoms with Crippen LogP contribution in [-0.2, 0) is 19.1 Å². The minimum absolute atomic E-state index is 0.122. The fraction of sp³-hybridized carbons (Fsp3) is 0.786. The first kappa shape index (κ1) is 14.0. The lowest BCUT2D eigenvalue weighted by molar-refractivity contribution is -0.158. The van der Waals surface area contributed by atoms with E-state index in [0.29, 0.717) is 6.42 Å². The van der Waals surface area contributed by atoms with Gasteiger partial charge >= 0.3 is 5.97 Å². The van der Waals surface area contributed by atoms with Crippen LogP contribution in [0.15, 0.2) is 0 Å². The zero-order valence-corrected chi connectivity index (χ0v) is 11.6. The first-order valence-electron chi connectivity index (χ1n) is 7.00. The van der Waals surface area contributed by atoms with Crippen molar-refractivity contribution in [2.45, 2.75) is 51.5 Å². The molecular weight excluding hydrogens is 246 g/mol. The van der Waals surface area contributed by atoms with Crippen molar-refractivity contribution in [2.75, 3.05) is 7.11 Å². The summed E-state index contributed by atoms with van der Waals surface area (Å²) in [7, 11) is 1.29. The molecule has 106 valence electrons. The fourth-order valence-electron chi connectivity index (χ4n) is 3.18. The molecule has 5 nitrogen and oxygen atoms in total. The molecule has 0 unspecified atom stereocenters. The summed E-state index contributed by atoms with van der Waals surface area (Å²) in [5.41, 5.74) is 0. The highest BCUT2D eigenvalue weighted by Crippen LogP contribution is 2.33. The predicted molar refractivity (Wildman–Crippen MR) is 68.0 cm³/mol. The third-order valence-corrected chi connectivity index (χ3v) is 4.35. The van der Waals surface area contributed by atoms with Gasteiger partial charge in [0.15, 0.2) is 0 Å². The van der Waals surface area contributed by atoms with Gasteiger partial charge in [0.05, 0.1) is 7.11 Å². The molecule has 1 aliphatic carbocycles. The van der Waals surface area contributed by atoms with Gasteiger partial charge in [-0.15, -0.1) is 0 Å². The van der Waals surface area contributed by atoms with Gasteiger partial charge in [-0.05, 0) is 25.2 Å². The minimum Gasteiger partial charge on any atom is -0.467 e. The van der Waals surface area contributed by atoms with E-state index in [1.54, 1.807) is 0 Å². The standard InChI is InChI=1S/C14H21NO4/c1-9-5-3-4-6-10(9)13(17)15-11(14(18)19-2)7-8-12(15)16/h9-11H,3-8H2,1-2H3/t9-,10+,11-/m0/s1. The second kappa shape index (κ2) is 5.72. The zero-order chi connectivity index (χ0) is 14.0. The number of methoxy groups -OCH3 is 1. The van der Waals surface area contributed by atoms with Crippen LogP contribution in [0.2, 0.25) is 0 Å². The maximum atomic E-state index is 12.5. The highest BCUT2D eigenvalue weighted by Gasteiger charge is 2.44. The summed E-state index contributed by atoms with van der Waals surface area (Å²) in [6, 6.07) is -0.709. The van der Waals surface area contributed by atoms with Crippen molar-refractivity contribution in [1.82, 2.24) is 4.90 Å². The summed E-state index contributed by atoms with van der Waals surface area (Å²) in [5.74, 6) is -0.734. The lowest BCUT2D eigenvalue weighted by Crippen LogP contribution is -2.47. The second-order valence-electron chi connectivity index (χ2n) is 5.55. The molecule has 0 aromatic carbocycles. The van der Waals surface area contributed by atoms with E-state index in [1.165, 1.54) is 7.11 Å². The van der Waals surface area contributed by atoms with E-state index in [2.05, 4.69) is 6.92 Å². The Kier molecular flexibility index (Phi) is 4.22. The molecule has 1 saturated carbocycles. The second-order valence-corrected chi connectivity index (χ2v) is 5.55. The number of amides is 2. The molecule has 1 aliphatic heterocycles. The van der Waals surface area contributed by atoms with Gasteiger partial charge in [-0.25, -0.2) is 4.79 Å². The van der Waals surface area contributed by atoms with Crippen LogP contribution in [0.1, 0.15) is 45.4 Å². The fourth-order valence-corrected chi connectivity index (χ4v) is 3.18. The molecular formula is C14H21NO4. The van der Waals surface area contributed by atoms with Gasteiger partial charge < -0.3 is 4.74 Å². The average Bonchev–Trinajstić information content (AvgIpc) is 2.79. The molecule has 2 amide bonds. The molecule has 1 heterocycles. The quantitative estimate of drug-likeness (QED) is 0.562. The molecule has 2 rings (SSSR count). The number of nitrogens with zero attached hydrogens (tertiary/aromatic N) is 1. The van der Waals surface area contributed by atoms with E-state index in [1.807, 2.05) is 0 Å². The molecule has 5 heteroatoms. The number of likely N-dealkylation sites (tertiary alicyclic amines) is 1. The Labute approximate surface area is 113 Å². The Bertz CT molecular complexity index is 393. The number of carbonyl (C=O) groups is 3. The van der Waals surface area contributed by atoms with Gasteiger partial charge in [0.1, 0.15) is 6.04 Å². The van der Waals surface area contributed by atoms with Crippen molar-refractivity contribution >= 4 is 17.8 Å². The highest BCUT2D eigenvalue weighted by atomic mass is 16.5. The molecule has 0 aromatic heterocycles. The Morgan fingerprint density at radius 3 is 2.53 bits per heavy atom. The van der Waals surface area contributed by atoms with E-state index in [4.69, 9.17) is 4.74 Å². The van der Waals surface area contributed by atoms with E-state index in [9.17, 15) is 14.4 Å². The molecule has 0 radical (unpaired) electrons. The first-order chi connectivity index (χ1) is 9.06. The van der Waals surface area contributed by atoms with E-state index >= 15 is 0 Å². The number of rotatable bonds is 2. The molecule has 0 N–H and O–H groups in total. The van der Waals surface area contributed by atoms with Crippen LogP contribution in [0.4, 0.5) is 0 Å². The van der Waals surface area contributed by atoms with Crippen LogP contribution in [0.5, 0.6) is 0 Å². The van der Waals surface area contributed by atoms with E-state index in [-0.39, 0.29) is 30.1 Å². The average molecular weight is 267 g/mol. The number of carbonyl (C=O) groups excluding carboxylic acids is 3. The van der Waals surface area contributed by atoms with Crippen LogP contribution >= 0.6 is 0 Å². The molecule has 0 spiro atoms. The third kappa shape index (κ3) is 2.65. The molecule has 2 aliphatic rings. The van der Waals surface area contributed by atoms with Gasteiger partial charge in [-0.2, -0.15) is 0 Å². The number of imide groups is 1. The van der Waals surface area contributed by atoms with Crippen molar-refractivity contribution in [3.05, 3.63) is 0 Å². The maximum Gasteiger partial charge on any atom is 0.329 e. The first-order valence-corrected chi connectivity index (χ1v) is 7.00. The topological polar surface area (TPSA) is 63.7 Å². The van der Waals surface area contributed by atoms with Gasteiger partial charge in [-0.3, -0.25) is 14.5 Å². The molecule has 3 atom stereocenters. The highest BCUT2D eigenvalue weighted by molar-refractivity contribution is 6.02. The van der Waals surface area contributed by atoms with Crippen LogP contribution < -0.4 is 0 Å². The lowest BCUT2D eigenvalue weighted by Gasteiger charge is -2.32. The minimum atomic E-state index is -0.709. The zero-order valence-electron chi connectivity index (χ0n) is 11.6. The van der Waals surface area contributed by atoms with Gasteiger partial charge in [-0.1, -0.05) is 19.8 Å². The predicted octanol–water partition coefficient (Wildman–Crippen LogP) is 1.50. The Morgan fingerprint density at radius 2 is 1.89 bits per heavy atom. The normalized spacial score (nSPS) is 31.4. The van der Waals surface area contributed by atoms with Crippen molar-refractivity contribution < 1.29 is 19.1 Å². The molecule has 19 heavy (non-hydrogen) atoms. The van der Waals surface area contributed by atoms with Crippen molar-refractivity contribution in [3.8, 4) is 0 Å². The van der Waals surface area contributed by atoms with Gasteiger partial charge in [0, 0.05) is 12.3 Å². The van der Waals surface area contributed by atoms with Crippen LogP contribution in [0, 0.1) is 11.8 Å². The Morgan fingerprint density at radius 1 is 1.21 bits per heavy atom. The maximum absolute atomic E-state index is 12.5. The summed E-state index contributed by atoms with van der Waals surface area (Å²) in [6.07, 6.45) is 4.63. The molecule has 2 fully saturated rings. The SMILES string of the molecule is COC(=O)[C@@H]1CCC(=O)N1C(=O)[C@@H]1CCCC[C@@H]1C. The summed E-state index contributed by atoms with van der Waals surface area (Å²) < 4.78 is 4.69. The summed E-state index contributed by atoms with van der Waals surface area (Å²) >= 11 is 0. The van der Waals surface area contributed by atoms with Crippen LogP contribution in [0.3, 0.4) is 0 Å². The van der Waals surface area contributed by atoms with Crippen LogP contribution in [0.25, 0.3) is 0 Å². The number of hydrogen-bond donors (Lipinski definition) is 0. The van der Waals surface area contributed by atoms with Crippen LogP contribution in [-0.4, -0.2) is 35.8 Å². The molecule has 0 bridgehead atoms. The third-order valence-electron chi connectivity index (χ3n) is 4.35. The smallest absolute Gasteiger partial charge is 0.329 e. The Hall–Kier alpha value is -1.39. The van der Waals surface area contributed by atoms with Gasteiger partial charge in [0.2, 0.25) is 11.8 Å². The summed E-state index contributed by atoms with van der Waals surface area (Å²) in [6.45, 7) is 2.05. The van der Waals surface area contributed by atoms with Crippen molar-refractivity contribution in [1.29, 1.82) is 0 Å². The van der Waals surface area contributed by atoms with Gasteiger partial charge in [0.25, 0.3) is 0 Å². The lowest BCUT2D eigenvalue weighted by atomic mass is 9.79. The summed E-state index contributed by atoms with van der Waals surface area (Å²) in [5, 5.41) is 0.